The van der Waals surface area contributed by atoms with Crippen LogP contribution in [0.4, 0.5) is 0 Å². The van der Waals surface area contributed by atoms with Crippen molar-refractivity contribution in [3.8, 4) is 0 Å². The molecule has 0 heterocycles. The first kappa shape index (κ1) is 15.4. The molecule has 1 unspecified atom stereocenters. The smallest absolute Gasteiger partial charge is 0.213 e. The van der Waals surface area contributed by atoms with Crippen molar-refractivity contribution in [3.05, 3.63) is 0 Å². The molecule has 0 fully saturated rings. The molecule has 0 aliphatic carbocycles. The van der Waals surface area contributed by atoms with Crippen LogP contribution in [-0.2, 0) is 10.0 Å². The fraction of sp³-hybridized carbons (Fsp3) is 0.900. The van der Waals surface area contributed by atoms with Crippen LogP contribution in [0.15, 0.2) is 0 Å². The Labute approximate surface area is 98.4 Å². The summed E-state index contributed by atoms with van der Waals surface area (Å²) in [5.41, 5.74) is 4.10. The number of hydrogen-bond acceptors (Lipinski definition) is 3. The topological polar surface area (TPSA) is 96.0 Å². The molecule has 96 valence electrons. The Balaban J connectivity index is 4.90. The van der Waals surface area contributed by atoms with Gasteiger partial charge in [-0.2, -0.15) is 0 Å². The fourth-order valence-electron chi connectivity index (χ4n) is 1.27. The normalized spacial score (nSPS) is 16.8. The molecule has 0 saturated carbocycles. The van der Waals surface area contributed by atoms with E-state index in [-0.39, 0.29) is 17.0 Å². The molecule has 6 heteroatoms. The van der Waals surface area contributed by atoms with Gasteiger partial charge in [0.2, 0.25) is 10.0 Å². The molecule has 0 rings (SSSR count). The van der Waals surface area contributed by atoms with E-state index in [4.69, 9.17) is 11.1 Å². The van der Waals surface area contributed by atoms with Crippen LogP contribution in [0.2, 0.25) is 0 Å². The Morgan fingerprint density at radius 3 is 2.00 bits per heavy atom. The predicted molar refractivity (Wildman–Crippen MR) is 67.0 cm³/mol. The van der Waals surface area contributed by atoms with Gasteiger partial charge in [0.05, 0.1) is 11.3 Å². The molecular formula is C10H23N3O2S. The molecule has 0 bridgehead atoms. The van der Waals surface area contributed by atoms with E-state index < -0.39 is 15.6 Å². The quantitative estimate of drug-likeness (QED) is 0.502. The molecule has 0 aromatic carbocycles. The second kappa shape index (κ2) is 4.71. The molecule has 0 radical (unpaired) electrons. The third-order valence-corrected chi connectivity index (χ3v) is 4.31. The third-order valence-electron chi connectivity index (χ3n) is 2.31. The Morgan fingerprint density at radius 2 is 1.75 bits per heavy atom. The van der Waals surface area contributed by atoms with Crippen LogP contribution in [0.5, 0.6) is 0 Å². The summed E-state index contributed by atoms with van der Waals surface area (Å²) in [6.45, 7) is 8.96. The summed E-state index contributed by atoms with van der Waals surface area (Å²) in [7, 11) is -3.42. The van der Waals surface area contributed by atoms with E-state index in [1.165, 1.54) is 0 Å². The van der Waals surface area contributed by atoms with Gasteiger partial charge >= 0.3 is 0 Å². The number of nitrogens with one attached hydrogen (secondary N) is 2. The monoisotopic (exact) mass is 249 g/mol. The number of hydrogen-bond donors (Lipinski definition) is 3. The van der Waals surface area contributed by atoms with Crippen molar-refractivity contribution in [2.24, 2.45) is 11.1 Å². The lowest BCUT2D eigenvalue weighted by atomic mass is 10.00. The van der Waals surface area contributed by atoms with E-state index in [1.807, 2.05) is 20.8 Å². The van der Waals surface area contributed by atoms with Gasteiger partial charge in [-0.1, -0.05) is 27.7 Å². The largest absolute Gasteiger partial charge is 0.386 e. The molecule has 0 aliphatic rings. The molecule has 0 aliphatic heterocycles. The highest BCUT2D eigenvalue weighted by Crippen LogP contribution is 2.18. The van der Waals surface area contributed by atoms with Crippen molar-refractivity contribution >= 4 is 15.9 Å². The van der Waals surface area contributed by atoms with Crippen molar-refractivity contribution in [2.45, 2.75) is 46.6 Å². The lowest BCUT2D eigenvalue weighted by Crippen LogP contribution is -2.55. The number of sulfonamides is 1. The zero-order valence-corrected chi connectivity index (χ0v) is 11.5. The maximum atomic E-state index is 11.9. The van der Waals surface area contributed by atoms with E-state index in [0.717, 1.165) is 0 Å². The molecule has 16 heavy (non-hydrogen) atoms. The molecule has 4 N–H and O–H groups in total. The summed E-state index contributed by atoms with van der Waals surface area (Å²) in [6, 6.07) is 0. The van der Waals surface area contributed by atoms with Crippen LogP contribution in [0.25, 0.3) is 0 Å². The van der Waals surface area contributed by atoms with Crippen molar-refractivity contribution in [1.29, 1.82) is 5.41 Å². The first-order valence-electron chi connectivity index (χ1n) is 5.28. The minimum atomic E-state index is -3.42. The predicted octanol–water partition coefficient (Wildman–Crippen LogP) is 1.06. The van der Waals surface area contributed by atoms with Gasteiger partial charge in [0.1, 0.15) is 5.84 Å². The van der Waals surface area contributed by atoms with Crippen LogP contribution in [0.3, 0.4) is 0 Å². The van der Waals surface area contributed by atoms with E-state index in [2.05, 4.69) is 4.72 Å². The van der Waals surface area contributed by atoms with Crippen molar-refractivity contribution < 1.29 is 8.42 Å². The van der Waals surface area contributed by atoms with Gasteiger partial charge in [0.25, 0.3) is 0 Å². The summed E-state index contributed by atoms with van der Waals surface area (Å²) >= 11 is 0. The lowest BCUT2D eigenvalue weighted by Gasteiger charge is -2.29. The van der Waals surface area contributed by atoms with Gasteiger partial charge in [0.15, 0.2) is 0 Å². The lowest BCUT2D eigenvalue weighted by molar-refractivity contribution is 0.445. The van der Waals surface area contributed by atoms with Crippen molar-refractivity contribution in [1.82, 2.24) is 4.72 Å². The SMILES string of the molecule is CCC(C)(NS(=O)(=O)CC(C)(C)C)C(=N)N. The minimum absolute atomic E-state index is 0.0167. The maximum Gasteiger partial charge on any atom is 0.213 e. The average molecular weight is 249 g/mol. The summed E-state index contributed by atoms with van der Waals surface area (Å²) in [5, 5.41) is 7.41. The second-order valence-electron chi connectivity index (χ2n) is 5.52. The van der Waals surface area contributed by atoms with E-state index >= 15 is 0 Å². The Kier molecular flexibility index (Phi) is 4.53. The minimum Gasteiger partial charge on any atom is -0.386 e. The van der Waals surface area contributed by atoms with Crippen LogP contribution in [-0.4, -0.2) is 25.5 Å². The Bertz CT molecular complexity index is 357. The number of amidine groups is 1. The van der Waals surface area contributed by atoms with Crippen LogP contribution in [0.1, 0.15) is 41.0 Å². The van der Waals surface area contributed by atoms with Gasteiger partial charge in [-0.15, -0.1) is 0 Å². The molecule has 1 atom stereocenters. The molecule has 0 saturated heterocycles. The molecule has 0 amide bonds. The molecule has 0 spiro atoms. The molecule has 0 aromatic heterocycles. The summed E-state index contributed by atoms with van der Waals surface area (Å²) in [6.07, 6.45) is 0.450. The third kappa shape index (κ3) is 4.94. The number of nitrogens with two attached hydrogens (primary N) is 1. The maximum absolute atomic E-state index is 11.9. The summed E-state index contributed by atoms with van der Waals surface area (Å²) in [4.78, 5) is 0. The zero-order valence-electron chi connectivity index (χ0n) is 10.7. The van der Waals surface area contributed by atoms with Crippen LogP contribution >= 0.6 is 0 Å². The summed E-state index contributed by atoms with van der Waals surface area (Å²) < 4.78 is 26.2. The first-order valence-corrected chi connectivity index (χ1v) is 6.93. The Hall–Kier alpha value is -0.620. The molecular weight excluding hydrogens is 226 g/mol. The Morgan fingerprint density at radius 1 is 1.31 bits per heavy atom. The van der Waals surface area contributed by atoms with Gasteiger partial charge in [0, 0.05) is 0 Å². The van der Waals surface area contributed by atoms with Crippen LogP contribution in [0, 0.1) is 10.8 Å². The highest BCUT2D eigenvalue weighted by Gasteiger charge is 2.33. The van der Waals surface area contributed by atoms with Gasteiger partial charge < -0.3 is 5.73 Å². The van der Waals surface area contributed by atoms with E-state index in [1.54, 1.807) is 13.8 Å². The standard InChI is InChI=1S/C10H23N3O2S/c1-6-10(5,8(11)12)13-16(14,15)7-9(2,3)4/h13H,6-7H2,1-5H3,(H3,11,12). The second-order valence-corrected chi connectivity index (χ2v) is 7.24. The molecule has 0 aromatic rings. The van der Waals surface area contributed by atoms with Gasteiger partial charge in [-0.3, -0.25) is 5.41 Å². The number of rotatable bonds is 5. The first-order chi connectivity index (χ1) is 6.92. The average Bonchev–Trinajstić information content (AvgIpc) is 1.97. The highest BCUT2D eigenvalue weighted by molar-refractivity contribution is 7.89. The summed E-state index contributed by atoms with van der Waals surface area (Å²) in [5.74, 6) is -0.143. The fourth-order valence-corrected chi connectivity index (χ4v) is 3.42. The van der Waals surface area contributed by atoms with Crippen LogP contribution < -0.4 is 10.5 Å². The van der Waals surface area contributed by atoms with Gasteiger partial charge in [-0.25, -0.2) is 13.1 Å². The van der Waals surface area contributed by atoms with E-state index in [0.29, 0.717) is 6.42 Å². The van der Waals surface area contributed by atoms with E-state index in [9.17, 15) is 8.42 Å². The molecule has 5 nitrogen and oxygen atoms in total. The van der Waals surface area contributed by atoms with Crippen molar-refractivity contribution in [3.63, 3.8) is 0 Å². The zero-order chi connectivity index (χ0) is 13.2. The van der Waals surface area contributed by atoms with Crippen molar-refractivity contribution in [2.75, 3.05) is 5.75 Å². The van der Waals surface area contributed by atoms with Gasteiger partial charge in [-0.05, 0) is 18.8 Å². The highest BCUT2D eigenvalue weighted by atomic mass is 32.2.